The van der Waals surface area contributed by atoms with Gasteiger partial charge in [0.15, 0.2) is 0 Å². The molecule has 0 bridgehead atoms. The van der Waals surface area contributed by atoms with E-state index >= 15 is 0 Å². The van der Waals surface area contributed by atoms with Gasteiger partial charge in [-0.05, 0) is 48.7 Å². The molecule has 8 nitrogen and oxygen atoms in total. The molecule has 2 heterocycles. The number of rotatable bonds is 6. The zero-order valence-electron chi connectivity index (χ0n) is 19.1. The Balaban J connectivity index is 1.23. The predicted molar refractivity (Wildman–Crippen MR) is 127 cm³/mol. The first-order valence-corrected chi connectivity index (χ1v) is 11.5. The van der Waals surface area contributed by atoms with Crippen molar-refractivity contribution >= 4 is 17.6 Å². The molecule has 0 saturated carbocycles. The highest BCUT2D eigenvalue weighted by Gasteiger charge is 2.25. The molecule has 3 amide bonds. The first-order chi connectivity index (χ1) is 16.1. The van der Waals surface area contributed by atoms with Crippen LogP contribution in [0.1, 0.15) is 28.8 Å². The van der Waals surface area contributed by atoms with E-state index in [9.17, 15) is 9.59 Å². The minimum Gasteiger partial charge on any atom is -0.497 e. The summed E-state index contributed by atoms with van der Waals surface area (Å²) >= 11 is 0. The molecular formula is C25H32N4O4. The molecule has 2 fully saturated rings. The highest BCUT2D eigenvalue weighted by molar-refractivity contribution is 5.95. The minimum absolute atomic E-state index is 0.0486. The molecule has 4 rings (SSSR count). The predicted octanol–water partition coefficient (Wildman–Crippen LogP) is 2.64. The Labute approximate surface area is 194 Å². The quantitative estimate of drug-likeness (QED) is 0.704. The molecule has 0 spiro atoms. The number of carbonyl (C=O) groups is 2. The van der Waals surface area contributed by atoms with Crippen LogP contribution in [-0.4, -0.2) is 69.4 Å². The van der Waals surface area contributed by atoms with Crippen LogP contribution in [0.4, 0.5) is 10.5 Å². The summed E-state index contributed by atoms with van der Waals surface area (Å²) in [6.45, 7) is 4.82. The van der Waals surface area contributed by atoms with Gasteiger partial charge in [-0.25, -0.2) is 4.79 Å². The van der Waals surface area contributed by atoms with Crippen molar-refractivity contribution in [3.05, 3.63) is 59.7 Å². The van der Waals surface area contributed by atoms with E-state index < -0.39 is 0 Å². The van der Waals surface area contributed by atoms with Crippen LogP contribution in [0.15, 0.2) is 48.5 Å². The first-order valence-electron chi connectivity index (χ1n) is 11.5. The molecule has 2 saturated heterocycles. The second-order valence-corrected chi connectivity index (χ2v) is 8.39. The Morgan fingerprint density at radius 2 is 1.76 bits per heavy atom. The van der Waals surface area contributed by atoms with E-state index in [4.69, 9.17) is 9.47 Å². The van der Waals surface area contributed by atoms with Crippen molar-refractivity contribution in [2.45, 2.75) is 25.4 Å². The lowest BCUT2D eigenvalue weighted by Crippen LogP contribution is -2.49. The monoisotopic (exact) mass is 452 g/mol. The van der Waals surface area contributed by atoms with Gasteiger partial charge in [-0.15, -0.1) is 0 Å². The van der Waals surface area contributed by atoms with Crippen LogP contribution in [0.25, 0.3) is 0 Å². The highest BCUT2D eigenvalue weighted by atomic mass is 16.5. The number of nitrogens with zero attached hydrogens (tertiary/aromatic N) is 2. The van der Waals surface area contributed by atoms with Crippen molar-refractivity contribution in [3.63, 3.8) is 0 Å². The number of morpholine rings is 1. The van der Waals surface area contributed by atoms with Gasteiger partial charge in [-0.3, -0.25) is 4.79 Å². The normalized spacial score (nSPS) is 16.9. The van der Waals surface area contributed by atoms with Crippen molar-refractivity contribution in [2.75, 3.05) is 51.4 Å². The zero-order valence-corrected chi connectivity index (χ0v) is 19.1. The molecule has 33 heavy (non-hydrogen) atoms. The summed E-state index contributed by atoms with van der Waals surface area (Å²) in [5.41, 5.74) is 2.78. The molecule has 2 aliphatic rings. The van der Waals surface area contributed by atoms with Crippen LogP contribution in [0.5, 0.6) is 5.75 Å². The summed E-state index contributed by atoms with van der Waals surface area (Å²) in [4.78, 5) is 29.5. The number of hydrogen-bond donors (Lipinski definition) is 2. The van der Waals surface area contributed by atoms with E-state index in [0.717, 1.165) is 42.9 Å². The van der Waals surface area contributed by atoms with Gasteiger partial charge in [-0.1, -0.05) is 18.2 Å². The maximum atomic E-state index is 13.0. The van der Waals surface area contributed by atoms with Crippen molar-refractivity contribution in [1.29, 1.82) is 0 Å². The van der Waals surface area contributed by atoms with Gasteiger partial charge < -0.3 is 29.9 Å². The number of urea groups is 1. The summed E-state index contributed by atoms with van der Waals surface area (Å²) in [5.74, 6) is 0.838. The van der Waals surface area contributed by atoms with E-state index in [1.54, 1.807) is 7.11 Å². The van der Waals surface area contributed by atoms with Crippen LogP contribution >= 0.6 is 0 Å². The molecule has 2 aliphatic heterocycles. The van der Waals surface area contributed by atoms with Gasteiger partial charge in [0.1, 0.15) is 5.75 Å². The molecular weight excluding hydrogens is 420 g/mol. The van der Waals surface area contributed by atoms with Crippen LogP contribution < -0.4 is 20.3 Å². The number of amides is 3. The average molecular weight is 453 g/mol. The van der Waals surface area contributed by atoms with Gasteiger partial charge in [0.25, 0.3) is 5.91 Å². The van der Waals surface area contributed by atoms with E-state index in [1.165, 1.54) is 0 Å². The summed E-state index contributed by atoms with van der Waals surface area (Å²) in [6.07, 6.45) is 1.48. The summed E-state index contributed by atoms with van der Waals surface area (Å²) < 4.78 is 10.6. The number of benzene rings is 2. The summed E-state index contributed by atoms with van der Waals surface area (Å²) in [5, 5.41) is 5.93. The van der Waals surface area contributed by atoms with Crippen molar-refractivity contribution in [3.8, 4) is 5.75 Å². The minimum atomic E-state index is -0.186. The lowest BCUT2D eigenvalue weighted by atomic mass is 10.0. The number of methoxy groups -OCH3 is 1. The van der Waals surface area contributed by atoms with Crippen molar-refractivity contribution < 1.29 is 19.1 Å². The first kappa shape index (κ1) is 22.9. The molecule has 0 radical (unpaired) electrons. The van der Waals surface area contributed by atoms with Crippen molar-refractivity contribution in [2.24, 2.45) is 0 Å². The van der Waals surface area contributed by atoms with E-state index in [2.05, 4.69) is 15.5 Å². The van der Waals surface area contributed by atoms with Gasteiger partial charge in [0.2, 0.25) is 0 Å². The van der Waals surface area contributed by atoms with Gasteiger partial charge in [0.05, 0.1) is 20.3 Å². The third-order valence-corrected chi connectivity index (χ3v) is 6.20. The molecule has 2 N–H and O–H groups in total. The number of ether oxygens (including phenoxy) is 2. The fourth-order valence-corrected chi connectivity index (χ4v) is 4.23. The molecule has 0 aliphatic carbocycles. The van der Waals surface area contributed by atoms with E-state index in [0.29, 0.717) is 38.4 Å². The van der Waals surface area contributed by atoms with Crippen molar-refractivity contribution in [1.82, 2.24) is 15.5 Å². The third-order valence-electron chi connectivity index (χ3n) is 6.20. The van der Waals surface area contributed by atoms with E-state index in [1.807, 2.05) is 53.4 Å². The largest absolute Gasteiger partial charge is 0.497 e. The van der Waals surface area contributed by atoms with Crippen LogP contribution in [0.3, 0.4) is 0 Å². The number of anilines is 1. The van der Waals surface area contributed by atoms with Gasteiger partial charge >= 0.3 is 6.03 Å². The lowest BCUT2D eigenvalue weighted by Gasteiger charge is -2.33. The topological polar surface area (TPSA) is 83.1 Å². The third kappa shape index (κ3) is 6.16. The van der Waals surface area contributed by atoms with E-state index in [-0.39, 0.29) is 18.0 Å². The van der Waals surface area contributed by atoms with Crippen LogP contribution in [0, 0.1) is 0 Å². The maximum Gasteiger partial charge on any atom is 0.315 e. The lowest BCUT2D eigenvalue weighted by molar-refractivity contribution is 0.0708. The number of piperidine rings is 1. The van der Waals surface area contributed by atoms with Crippen LogP contribution in [0.2, 0.25) is 0 Å². The molecule has 0 atom stereocenters. The number of hydrogen-bond acceptors (Lipinski definition) is 5. The number of nitrogens with one attached hydrogen (secondary N) is 2. The molecule has 0 unspecified atom stereocenters. The second kappa shape index (κ2) is 11.0. The average Bonchev–Trinajstić information content (AvgIpc) is 2.88. The maximum absolute atomic E-state index is 13.0. The Morgan fingerprint density at radius 3 is 2.45 bits per heavy atom. The highest BCUT2D eigenvalue weighted by Crippen LogP contribution is 2.20. The Hall–Kier alpha value is -3.26. The van der Waals surface area contributed by atoms with Gasteiger partial charge in [-0.2, -0.15) is 0 Å². The Morgan fingerprint density at radius 1 is 1.03 bits per heavy atom. The van der Waals surface area contributed by atoms with Crippen LogP contribution in [-0.2, 0) is 11.3 Å². The molecule has 176 valence electrons. The molecule has 0 aromatic heterocycles. The summed E-state index contributed by atoms with van der Waals surface area (Å²) in [7, 11) is 1.63. The summed E-state index contributed by atoms with van der Waals surface area (Å²) in [6, 6.07) is 15.3. The molecule has 2 aromatic carbocycles. The fourth-order valence-electron chi connectivity index (χ4n) is 4.23. The fraction of sp³-hybridized carbons (Fsp3) is 0.440. The smallest absolute Gasteiger partial charge is 0.315 e. The van der Waals surface area contributed by atoms with Gasteiger partial charge in [0, 0.05) is 50.0 Å². The number of carbonyl (C=O) groups excluding carboxylic acids is 2. The molecule has 8 heteroatoms. The standard InChI is InChI=1S/C25H32N4O4/c1-32-23-7-5-19(6-8-23)18-26-25(31)27-21-9-11-29(12-10-21)24(30)20-3-2-4-22(17-20)28-13-15-33-16-14-28/h2-8,17,21H,9-16,18H2,1H3,(H2,26,27,31). The SMILES string of the molecule is COc1ccc(CNC(=O)NC2CCN(C(=O)c3cccc(N4CCOCC4)c3)CC2)cc1. The molecule has 2 aromatic rings. The zero-order chi connectivity index (χ0) is 23.0. The number of likely N-dealkylation sites (tertiary alicyclic amines) is 1. The second-order valence-electron chi connectivity index (χ2n) is 8.39. The Kier molecular flexibility index (Phi) is 7.67. The Bertz CT molecular complexity index is 936.